The lowest BCUT2D eigenvalue weighted by Crippen LogP contribution is -2.33. The molecule has 0 aliphatic carbocycles. The zero-order chi connectivity index (χ0) is 11.9. The van der Waals surface area contributed by atoms with Crippen LogP contribution in [-0.4, -0.2) is 21.8 Å². The van der Waals surface area contributed by atoms with Crippen LogP contribution in [0.5, 0.6) is 11.5 Å². The van der Waals surface area contributed by atoms with E-state index in [0.717, 1.165) is 6.42 Å². The van der Waals surface area contributed by atoms with E-state index in [1.54, 1.807) is 0 Å². The Labute approximate surface area is 93.5 Å². The maximum absolute atomic E-state index is 11.0. The van der Waals surface area contributed by atoms with Crippen LogP contribution in [0.25, 0.3) is 0 Å². The summed E-state index contributed by atoms with van der Waals surface area (Å²) in [6.45, 7) is 3.82. The fraction of sp³-hybridized carbons (Fsp3) is 0.417. The highest BCUT2D eigenvalue weighted by molar-refractivity contribution is 5.92. The van der Waals surface area contributed by atoms with Crippen LogP contribution in [0.15, 0.2) is 12.1 Å². The third kappa shape index (κ3) is 1.71. The fourth-order valence-corrected chi connectivity index (χ4v) is 1.90. The van der Waals surface area contributed by atoms with Gasteiger partial charge in [0.25, 0.3) is 0 Å². The summed E-state index contributed by atoms with van der Waals surface area (Å²) in [5.41, 5.74) is 0.324. The average molecular weight is 222 g/mol. The molecule has 0 bridgehead atoms. The number of ether oxygens (including phenoxy) is 1. The summed E-state index contributed by atoms with van der Waals surface area (Å²) in [6, 6.07) is 2.78. The van der Waals surface area contributed by atoms with E-state index in [-0.39, 0.29) is 16.9 Å². The number of carbonyl (C=O) groups is 1. The molecule has 4 heteroatoms. The number of rotatable bonds is 1. The van der Waals surface area contributed by atoms with Crippen molar-refractivity contribution in [3.05, 3.63) is 23.3 Å². The van der Waals surface area contributed by atoms with E-state index in [4.69, 9.17) is 9.84 Å². The fourth-order valence-electron chi connectivity index (χ4n) is 1.90. The number of hydrogen-bond acceptors (Lipinski definition) is 3. The van der Waals surface area contributed by atoms with Gasteiger partial charge in [-0.1, -0.05) is 0 Å². The van der Waals surface area contributed by atoms with Crippen LogP contribution in [-0.2, 0) is 6.42 Å². The number of aromatic carboxylic acids is 1. The summed E-state index contributed by atoms with van der Waals surface area (Å²) in [5.74, 6) is -0.617. The summed E-state index contributed by atoms with van der Waals surface area (Å²) in [7, 11) is 0. The highest BCUT2D eigenvalue weighted by Gasteiger charge is 2.31. The van der Waals surface area contributed by atoms with Gasteiger partial charge < -0.3 is 14.9 Å². The van der Waals surface area contributed by atoms with E-state index < -0.39 is 5.97 Å². The minimum atomic E-state index is -1.03. The van der Waals surface area contributed by atoms with Crippen molar-refractivity contribution in [2.24, 2.45) is 0 Å². The molecule has 0 unspecified atom stereocenters. The van der Waals surface area contributed by atoms with E-state index in [1.807, 2.05) is 13.8 Å². The molecule has 0 radical (unpaired) electrons. The molecule has 0 saturated heterocycles. The zero-order valence-electron chi connectivity index (χ0n) is 9.28. The van der Waals surface area contributed by atoms with Crippen molar-refractivity contribution in [1.82, 2.24) is 0 Å². The van der Waals surface area contributed by atoms with E-state index in [1.165, 1.54) is 12.1 Å². The molecule has 16 heavy (non-hydrogen) atoms. The second kappa shape index (κ2) is 3.40. The average Bonchev–Trinajstić information content (AvgIpc) is 2.15. The Hall–Kier alpha value is -1.71. The minimum absolute atomic E-state index is 0.107. The molecule has 2 N–H and O–H groups in total. The van der Waals surface area contributed by atoms with Gasteiger partial charge in [0.1, 0.15) is 22.7 Å². The first-order valence-electron chi connectivity index (χ1n) is 5.18. The molecule has 0 saturated carbocycles. The molecule has 86 valence electrons. The van der Waals surface area contributed by atoms with Gasteiger partial charge in [-0.3, -0.25) is 0 Å². The third-order valence-electron chi connectivity index (χ3n) is 2.82. The van der Waals surface area contributed by atoms with E-state index in [2.05, 4.69) is 0 Å². The molecule has 1 aliphatic heterocycles. The first kappa shape index (κ1) is 10.8. The molecule has 1 aromatic carbocycles. The molecule has 0 atom stereocenters. The first-order chi connectivity index (χ1) is 7.41. The van der Waals surface area contributed by atoms with Gasteiger partial charge in [0.2, 0.25) is 0 Å². The second-order valence-corrected chi connectivity index (χ2v) is 4.61. The Balaban J connectivity index is 2.58. The van der Waals surface area contributed by atoms with E-state index >= 15 is 0 Å². The van der Waals surface area contributed by atoms with Crippen molar-refractivity contribution >= 4 is 5.97 Å². The largest absolute Gasteiger partial charge is 0.508 e. The third-order valence-corrected chi connectivity index (χ3v) is 2.82. The van der Waals surface area contributed by atoms with Crippen molar-refractivity contribution in [2.75, 3.05) is 0 Å². The van der Waals surface area contributed by atoms with Gasteiger partial charge in [-0.15, -0.1) is 0 Å². The molecular weight excluding hydrogens is 208 g/mol. The number of carboxylic acids is 1. The van der Waals surface area contributed by atoms with E-state index in [9.17, 15) is 9.90 Å². The Kier molecular flexibility index (Phi) is 2.30. The monoisotopic (exact) mass is 222 g/mol. The Bertz CT molecular complexity index is 449. The molecule has 0 fully saturated rings. The number of phenols is 1. The molecule has 1 heterocycles. The molecule has 0 aromatic heterocycles. The number of phenolic OH excluding ortho intramolecular Hbond substituents is 1. The van der Waals surface area contributed by atoms with E-state index in [0.29, 0.717) is 17.7 Å². The number of carboxylic acid groups (broad SMARTS) is 1. The van der Waals surface area contributed by atoms with Crippen LogP contribution in [0.4, 0.5) is 0 Å². The highest BCUT2D eigenvalue weighted by Crippen LogP contribution is 2.40. The van der Waals surface area contributed by atoms with Crippen molar-refractivity contribution in [3.8, 4) is 11.5 Å². The van der Waals surface area contributed by atoms with Gasteiger partial charge in [0.15, 0.2) is 0 Å². The zero-order valence-corrected chi connectivity index (χ0v) is 9.28. The van der Waals surface area contributed by atoms with Gasteiger partial charge >= 0.3 is 5.97 Å². The lowest BCUT2D eigenvalue weighted by atomic mass is 9.92. The minimum Gasteiger partial charge on any atom is -0.508 e. The van der Waals surface area contributed by atoms with Gasteiger partial charge in [0.05, 0.1) is 0 Å². The van der Waals surface area contributed by atoms with Crippen LogP contribution >= 0.6 is 0 Å². The van der Waals surface area contributed by atoms with Crippen LogP contribution in [0.2, 0.25) is 0 Å². The van der Waals surface area contributed by atoms with Gasteiger partial charge in [0, 0.05) is 5.56 Å². The smallest absolute Gasteiger partial charge is 0.339 e. The van der Waals surface area contributed by atoms with Gasteiger partial charge in [-0.2, -0.15) is 0 Å². The molecular formula is C12H14O4. The first-order valence-corrected chi connectivity index (χ1v) is 5.18. The summed E-state index contributed by atoms with van der Waals surface area (Å²) >= 11 is 0. The summed E-state index contributed by atoms with van der Waals surface area (Å²) < 4.78 is 5.65. The van der Waals surface area contributed by atoms with Crippen LogP contribution < -0.4 is 4.74 Å². The quantitative estimate of drug-likeness (QED) is 0.764. The normalized spacial score (nSPS) is 17.4. The van der Waals surface area contributed by atoms with Crippen LogP contribution in [0, 0.1) is 0 Å². The predicted molar refractivity (Wildman–Crippen MR) is 58.1 cm³/mol. The Morgan fingerprint density at radius 1 is 1.44 bits per heavy atom. The lowest BCUT2D eigenvalue weighted by Gasteiger charge is -2.33. The molecule has 2 rings (SSSR count). The highest BCUT2D eigenvalue weighted by atomic mass is 16.5. The lowest BCUT2D eigenvalue weighted by molar-refractivity contribution is 0.0642. The topological polar surface area (TPSA) is 66.8 Å². The van der Waals surface area contributed by atoms with Crippen molar-refractivity contribution in [3.63, 3.8) is 0 Å². The number of fused-ring (bicyclic) bond motifs is 1. The number of hydrogen-bond donors (Lipinski definition) is 2. The van der Waals surface area contributed by atoms with Crippen LogP contribution in [0.3, 0.4) is 0 Å². The molecule has 4 nitrogen and oxygen atoms in total. The van der Waals surface area contributed by atoms with Gasteiger partial charge in [-0.25, -0.2) is 4.79 Å². The van der Waals surface area contributed by atoms with Crippen LogP contribution in [0.1, 0.15) is 36.2 Å². The Morgan fingerprint density at radius 3 is 2.75 bits per heavy atom. The molecule has 0 amide bonds. The SMILES string of the molecule is CC1(C)CCc2c(O)ccc(C(=O)O)c2O1. The maximum Gasteiger partial charge on any atom is 0.339 e. The van der Waals surface area contributed by atoms with Crippen molar-refractivity contribution in [1.29, 1.82) is 0 Å². The summed E-state index contributed by atoms with van der Waals surface area (Å²) in [6.07, 6.45) is 1.39. The molecule has 1 aliphatic rings. The summed E-state index contributed by atoms with van der Waals surface area (Å²) in [4.78, 5) is 11.0. The van der Waals surface area contributed by atoms with Gasteiger partial charge in [-0.05, 0) is 38.8 Å². The van der Waals surface area contributed by atoms with Crippen molar-refractivity contribution < 1.29 is 19.7 Å². The Morgan fingerprint density at radius 2 is 2.12 bits per heavy atom. The predicted octanol–water partition coefficient (Wildman–Crippen LogP) is 2.19. The summed E-state index contributed by atoms with van der Waals surface area (Å²) in [5, 5.41) is 18.7. The standard InChI is InChI=1S/C12H14O4/c1-12(2)6-5-7-9(13)4-3-8(11(14)15)10(7)16-12/h3-4,13H,5-6H2,1-2H3,(H,14,15). The van der Waals surface area contributed by atoms with Crippen molar-refractivity contribution in [2.45, 2.75) is 32.3 Å². The molecule has 1 aromatic rings. The number of aromatic hydroxyl groups is 1. The number of benzene rings is 1. The molecule has 0 spiro atoms. The second-order valence-electron chi connectivity index (χ2n) is 4.61. The maximum atomic E-state index is 11.0.